The molecule has 0 aliphatic carbocycles. The van der Waals surface area contributed by atoms with Crippen LogP contribution in [0.2, 0.25) is 0 Å². The Morgan fingerprint density at radius 2 is 1.16 bits per heavy atom. The first-order chi connectivity index (χ1) is 20.7. The maximum atomic E-state index is 2.56. The molecule has 4 aromatic rings. The summed E-state index contributed by atoms with van der Waals surface area (Å²) in [6, 6.07) is 27.5. The fraction of sp³-hybridized carbons (Fsp3) is 0.429. The second kappa shape index (κ2) is 14.6. The Morgan fingerprint density at radius 3 is 1.74 bits per heavy atom. The number of benzene rings is 4. The highest BCUT2D eigenvalue weighted by Gasteiger charge is 2.36. The molecule has 0 aliphatic rings. The largest absolute Gasteiger partial charge is 0.115 e. The second-order valence-electron chi connectivity index (χ2n) is 13.3. The van der Waals surface area contributed by atoms with E-state index in [2.05, 4.69) is 136 Å². The van der Waals surface area contributed by atoms with Gasteiger partial charge in [0.1, 0.15) is 7.85 Å². The molecular weight excluding hydrogens is 515 g/mol. The van der Waals surface area contributed by atoms with E-state index in [1.54, 1.807) is 5.56 Å². The molecule has 0 saturated heterocycles. The quantitative estimate of drug-likeness (QED) is 0.111. The van der Waals surface area contributed by atoms with Gasteiger partial charge in [0, 0.05) is 0 Å². The van der Waals surface area contributed by atoms with E-state index in [-0.39, 0.29) is 5.31 Å². The first kappa shape index (κ1) is 32.9. The van der Waals surface area contributed by atoms with E-state index in [1.165, 1.54) is 106 Å². The average molecular weight is 571 g/mol. The minimum absolute atomic E-state index is 0.190. The van der Waals surface area contributed by atoms with Crippen molar-refractivity contribution in [3.05, 3.63) is 106 Å². The number of unbranched alkanes of at least 4 members (excludes halogenated alkanes) is 2. The van der Waals surface area contributed by atoms with Gasteiger partial charge in [0.25, 0.3) is 0 Å². The summed E-state index contributed by atoms with van der Waals surface area (Å²) in [4.78, 5) is 0. The van der Waals surface area contributed by atoms with Gasteiger partial charge in [-0.3, -0.25) is 0 Å². The summed E-state index contributed by atoms with van der Waals surface area (Å²) >= 11 is 0. The van der Waals surface area contributed by atoms with Gasteiger partial charge in [-0.2, -0.15) is 0 Å². The summed E-state index contributed by atoms with van der Waals surface area (Å²) in [5, 5.41) is 0.190. The third-order valence-electron chi connectivity index (χ3n) is 10.5. The molecule has 0 amide bonds. The van der Waals surface area contributed by atoms with E-state index in [0.29, 0.717) is 5.92 Å². The van der Waals surface area contributed by atoms with Crippen molar-refractivity contribution in [1.82, 2.24) is 0 Å². The normalized spacial score (nSPS) is 13.0. The van der Waals surface area contributed by atoms with Gasteiger partial charge in [-0.15, -0.1) is 0 Å². The van der Waals surface area contributed by atoms with Crippen LogP contribution in [0.1, 0.15) is 106 Å². The average Bonchev–Trinajstić information content (AvgIpc) is 3.01. The summed E-state index contributed by atoms with van der Waals surface area (Å²) < 4.78 is 0. The molecule has 0 nitrogen and oxygen atoms in total. The third-order valence-corrected chi connectivity index (χ3v) is 10.5. The first-order valence-corrected chi connectivity index (χ1v) is 17.1. The highest BCUT2D eigenvalue weighted by atomic mass is 14.4. The van der Waals surface area contributed by atoms with Gasteiger partial charge in [0.05, 0.1) is 0 Å². The van der Waals surface area contributed by atoms with Gasteiger partial charge in [-0.05, 0) is 137 Å². The lowest BCUT2D eigenvalue weighted by molar-refractivity contribution is 0.327. The topological polar surface area (TPSA) is 0 Å². The predicted octanol–water partition coefficient (Wildman–Crippen LogP) is 11.7. The highest BCUT2D eigenvalue weighted by Crippen LogP contribution is 2.46. The summed E-state index contributed by atoms with van der Waals surface area (Å²) in [5.41, 5.74) is 16.9. The zero-order chi connectivity index (χ0) is 31.1. The molecule has 4 aromatic carbocycles. The lowest BCUT2D eigenvalue weighted by Crippen LogP contribution is -2.37. The maximum absolute atomic E-state index is 2.56. The predicted molar refractivity (Wildman–Crippen MR) is 194 cm³/mol. The summed E-state index contributed by atoms with van der Waals surface area (Å²) in [6.07, 6.45) is 9.86. The molecule has 226 valence electrons. The molecule has 1 unspecified atom stereocenters. The standard InChI is InChI=1S/C42H55B/c1-9-13-15-19-33-20-18-23-35(25-33)37-26-36(34-21-16-14-17-22-34)27-38(28-37)40-29(5)31(7)41(32(8)30(40)6)42(43,24-10-2)39(11-3)12-4/h14,16-18,20-23,25-28,39H,9-13,15,19,24,43H2,1-8H3. The van der Waals surface area contributed by atoms with Crippen molar-refractivity contribution in [2.24, 2.45) is 5.92 Å². The van der Waals surface area contributed by atoms with Crippen LogP contribution in [0.15, 0.2) is 72.8 Å². The molecule has 0 radical (unpaired) electrons. The number of rotatable bonds is 13. The number of aryl methyl sites for hydroxylation is 1. The van der Waals surface area contributed by atoms with Gasteiger partial charge in [-0.25, -0.2) is 0 Å². The summed E-state index contributed by atoms with van der Waals surface area (Å²) in [6.45, 7) is 19.0. The van der Waals surface area contributed by atoms with E-state index in [0.717, 1.165) is 6.42 Å². The zero-order valence-electron chi connectivity index (χ0n) is 28.7. The smallest absolute Gasteiger partial charge is 0.0654 e. The fourth-order valence-electron chi connectivity index (χ4n) is 8.07. The van der Waals surface area contributed by atoms with Crippen LogP contribution in [-0.2, 0) is 11.7 Å². The van der Waals surface area contributed by atoms with Gasteiger partial charge in [0.15, 0.2) is 0 Å². The van der Waals surface area contributed by atoms with Crippen molar-refractivity contribution in [3.8, 4) is 33.4 Å². The van der Waals surface area contributed by atoms with Crippen molar-refractivity contribution in [3.63, 3.8) is 0 Å². The minimum Gasteiger partial charge on any atom is -0.0654 e. The van der Waals surface area contributed by atoms with E-state index in [4.69, 9.17) is 0 Å². The number of hydrogen-bond donors (Lipinski definition) is 0. The molecule has 0 aliphatic heterocycles. The Hall–Kier alpha value is -3.06. The van der Waals surface area contributed by atoms with Crippen LogP contribution in [0.5, 0.6) is 0 Å². The van der Waals surface area contributed by atoms with Crippen molar-refractivity contribution in [2.75, 3.05) is 0 Å². The van der Waals surface area contributed by atoms with Gasteiger partial charge >= 0.3 is 0 Å². The molecule has 43 heavy (non-hydrogen) atoms. The third kappa shape index (κ3) is 6.87. The molecule has 1 atom stereocenters. The van der Waals surface area contributed by atoms with Crippen molar-refractivity contribution < 1.29 is 0 Å². The van der Waals surface area contributed by atoms with E-state index in [1.807, 2.05) is 0 Å². The van der Waals surface area contributed by atoms with E-state index in [9.17, 15) is 0 Å². The summed E-state index contributed by atoms with van der Waals surface area (Å²) in [5.74, 6) is 0.687. The molecule has 0 heterocycles. The molecule has 0 fully saturated rings. The number of hydrogen-bond acceptors (Lipinski definition) is 0. The SMILES string of the molecule is BC(CCC)(c1c(C)c(C)c(-c2cc(-c3ccccc3)cc(-c3cccc(CCCCC)c3)c2)c(C)c1C)C(CC)CC. The van der Waals surface area contributed by atoms with Crippen LogP contribution in [0.3, 0.4) is 0 Å². The Bertz CT molecular complexity index is 1480. The Morgan fingerprint density at radius 1 is 0.581 bits per heavy atom. The molecule has 0 aromatic heterocycles. The molecule has 0 bridgehead atoms. The van der Waals surface area contributed by atoms with Crippen molar-refractivity contribution in [1.29, 1.82) is 0 Å². The lowest BCUT2D eigenvalue weighted by Gasteiger charge is -2.41. The van der Waals surface area contributed by atoms with Gasteiger partial charge < -0.3 is 0 Å². The zero-order valence-corrected chi connectivity index (χ0v) is 28.7. The monoisotopic (exact) mass is 570 g/mol. The molecular formula is C42H55B. The van der Waals surface area contributed by atoms with E-state index >= 15 is 0 Å². The molecule has 0 N–H and O–H groups in total. The minimum atomic E-state index is 0.190. The molecule has 1 heteroatoms. The van der Waals surface area contributed by atoms with Crippen LogP contribution < -0.4 is 0 Å². The van der Waals surface area contributed by atoms with E-state index < -0.39 is 0 Å². The first-order valence-electron chi connectivity index (χ1n) is 17.1. The Labute approximate surface area is 264 Å². The second-order valence-corrected chi connectivity index (χ2v) is 13.3. The fourth-order valence-corrected chi connectivity index (χ4v) is 8.07. The molecule has 0 spiro atoms. The Balaban J connectivity index is 1.95. The van der Waals surface area contributed by atoms with Crippen molar-refractivity contribution >= 4 is 7.85 Å². The van der Waals surface area contributed by atoms with Crippen molar-refractivity contribution in [2.45, 2.75) is 112 Å². The lowest BCUT2D eigenvalue weighted by atomic mass is 9.51. The molecule has 4 rings (SSSR count). The Kier molecular flexibility index (Phi) is 11.2. The van der Waals surface area contributed by atoms with Crippen LogP contribution in [0.4, 0.5) is 0 Å². The summed E-state index contributed by atoms with van der Waals surface area (Å²) in [7, 11) is 2.56. The van der Waals surface area contributed by atoms with Crippen LogP contribution >= 0.6 is 0 Å². The highest BCUT2D eigenvalue weighted by molar-refractivity contribution is 6.16. The van der Waals surface area contributed by atoms with Gasteiger partial charge in [0.2, 0.25) is 0 Å². The molecule has 0 saturated carbocycles. The van der Waals surface area contributed by atoms with Crippen LogP contribution in [0, 0.1) is 33.6 Å². The van der Waals surface area contributed by atoms with Crippen LogP contribution in [-0.4, -0.2) is 7.85 Å². The maximum Gasteiger partial charge on any atom is 0.115 e. The van der Waals surface area contributed by atoms with Gasteiger partial charge in [-0.1, -0.05) is 121 Å². The van der Waals surface area contributed by atoms with Crippen LogP contribution in [0.25, 0.3) is 33.4 Å².